The van der Waals surface area contributed by atoms with Gasteiger partial charge >= 0.3 is 5.97 Å². The first-order valence-corrected chi connectivity index (χ1v) is 7.03. The van der Waals surface area contributed by atoms with Gasteiger partial charge in [0.05, 0.1) is 18.4 Å². The minimum Gasteiger partial charge on any atom is -0.478 e. The van der Waals surface area contributed by atoms with Crippen molar-refractivity contribution in [3.63, 3.8) is 0 Å². The fourth-order valence-corrected chi connectivity index (χ4v) is 2.57. The highest BCUT2D eigenvalue weighted by Crippen LogP contribution is 2.15. The number of carboxylic acid groups (broad SMARTS) is 1. The molecule has 0 atom stereocenters. The maximum Gasteiger partial charge on any atom is 0.337 e. The van der Waals surface area contributed by atoms with E-state index in [0.717, 1.165) is 16.6 Å². The highest BCUT2D eigenvalue weighted by molar-refractivity contribution is 7.89. The van der Waals surface area contributed by atoms with Crippen LogP contribution in [0.3, 0.4) is 0 Å². The number of rotatable bonds is 5. The molecule has 0 bridgehead atoms. The second-order valence-electron chi connectivity index (χ2n) is 4.03. The van der Waals surface area contributed by atoms with E-state index in [-0.39, 0.29) is 17.1 Å². The quantitative estimate of drug-likeness (QED) is 0.889. The van der Waals surface area contributed by atoms with Crippen LogP contribution in [0.1, 0.15) is 16.1 Å². The first-order valence-electron chi connectivity index (χ1n) is 5.59. The van der Waals surface area contributed by atoms with Crippen molar-refractivity contribution in [2.24, 2.45) is 0 Å². The van der Waals surface area contributed by atoms with Crippen molar-refractivity contribution < 1.29 is 22.7 Å². The van der Waals surface area contributed by atoms with Gasteiger partial charge < -0.3 is 9.52 Å². The number of carbonyl (C=O) groups is 1. The Morgan fingerprint density at radius 3 is 2.65 bits per heavy atom. The van der Waals surface area contributed by atoms with Gasteiger partial charge in [-0.3, -0.25) is 0 Å². The summed E-state index contributed by atoms with van der Waals surface area (Å²) in [7, 11) is -2.39. The first-order chi connectivity index (χ1) is 9.41. The molecule has 2 aromatic heterocycles. The molecule has 0 aliphatic rings. The lowest BCUT2D eigenvalue weighted by Gasteiger charge is -2.15. The number of aromatic nitrogens is 1. The van der Waals surface area contributed by atoms with Crippen molar-refractivity contribution in [2.75, 3.05) is 7.05 Å². The summed E-state index contributed by atoms with van der Waals surface area (Å²) in [6, 6.07) is 5.68. The fourth-order valence-electron chi connectivity index (χ4n) is 1.53. The molecule has 2 aromatic rings. The Bertz CT molecular complexity index is 692. The molecule has 0 aliphatic carbocycles. The summed E-state index contributed by atoms with van der Waals surface area (Å²) >= 11 is 0. The van der Waals surface area contributed by atoms with Crippen LogP contribution in [-0.2, 0) is 16.6 Å². The lowest BCUT2D eigenvalue weighted by Crippen LogP contribution is -2.27. The van der Waals surface area contributed by atoms with E-state index in [4.69, 9.17) is 9.52 Å². The Kier molecular flexibility index (Phi) is 3.86. The molecule has 0 fully saturated rings. The van der Waals surface area contributed by atoms with Crippen LogP contribution in [0.25, 0.3) is 0 Å². The van der Waals surface area contributed by atoms with Gasteiger partial charge in [-0.1, -0.05) is 0 Å². The summed E-state index contributed by atoms with van der Waals surface area (Å²) in [6.07, 6.45) is 2.46. The average molecular weight is 296 g/mol. The molecule has 0 radical (unpaired) electrons. The number of furan rings is 1. The number of aromatic carboxylic acids is 1. The van der Waals surface area contributed by atoms with Crippen LogP contribution in [0, 0.1) is 0 Å². The second-order valence-corrected chi connectivity index (χ2v) is 6.02. The largest absolute Gasteiger partial charge is 0.478 e. The van der Waals surface area contributed by atoms with Gasteiger partial charge in [-0.2, -0.15) is 4.31 Å². The minimum atomic E-state index is -3.79. The van der Waals surface area contributed by atoms with Crippen molar-refractivity contribution in [3.05, 3.63) is 48.0 Å². The third-order valence-electron chi connectivity index (χ3n) is 2.62. The van der Waals surface area contributed by atoms with E-state index in [1.54, 1.807) is 12.1 Å². The zero-order valence-electron chi connectivity index (χ0n) is 10.6. The fraction of sp³-hybridized carbons (Fsp3) is 0.167. The predicted octanol–water partition coefficient (Wildman–Crippen LogP) is 1.19. The molecule has 0 aliphatic heterocycles. The van der Waals surface area contributed by atoms with Gasteiger partial charge in [0, 0.05) is 13.2 Å². The maximum absolute atomic E-state index is 12.2. The van der Waals surface area contributed by atoms with E-state index in [1.807, 2.05) is 0 Å². The normalized spacial score (nSPS) is 11.7. The molecular weight excluding hydrogens is 284 g/mol. The predicted molar refractivity (Wildman–Crippen MR) is 68.6 cm³/mol. The zero-order chi connectivity index (χ0) is 14.8. The van der Waals surface area contributed by atoms with Crippen molar-refractivity contribution in [1.82, 2.24) is 9.29 Å². The van der Waals surface area contributed by atoms with Gasteiger partial charge in [-0.25, -0.2) is 18.2 Å². The molecule has 2 rings (SSSR count). The Hall–Kier alpha value is -2.19. The van der Waals surface area contributed by atoms with Gasteiger partial charge in [0.25, 0.3) is 10.0 Å². The summed E-state index contributed by atoms with van der Waals surface area (Å²) in [6.45, 7) is 0.0672. The monoisotopic (exact) mass is 296 g/mol. The molecule has 0 saturated carbocycles. The molecule has 8 heteroatoms. The van der Waals surface area contributed by atoms with E-state index in [9.17, 15) is 13.2 Å². The third-order valence-corrected chi connectivity index (χ3v) is 4.34. The van der Waals surface area contributed by atoms with Crippen molar-refractivity contribution in [3.8, 4) is 0 Å². The highest BCUT2D eigenvalue weighted by Gasteiger charge is 2.23. The smallest absolute Gasteiger partial charge is 0.337 e. The Labute approximate surface area is 115 Å². The molecule has 7 nitrogen and oxygen atoms in total. The summed E-state index contributed by atoms with van der Waals surface area (Å²) in [4.78, 5) is 14.4. The minimum absolute atomic E-state index is 0.0672. The van der Waals surface area contributed by atoms with E-state index >= 15 is 0 Å². The Morgan fingerprint density at radius 1 is 1.40 bits per heavy atom. The third kappa shape index (κ3) is 2.86. The van der Waals surface area contributed by atoms with E-state index in [0.29, 0.717) is 5.76 Å². The van der Waals surface area contributed by atoms with Gasteiger partial charge in [0.2, 0.25) is 0 Å². The molecule has 0 amide bonds. The summed E-state index contributed by atoms with van der Waals surface area (Å²) < 4.78 is 30.6. The number of hydrogen-bond acceptors (Lipinski definition) is 5. The molecule has 0 aromatic carbocycles. The van der Waals surface area contributed by atoms with Crippen LogP contribution in [-0.4, -0.2) is 35.8 Å². The van der Waals surface area contributed by atoms with Crippen LogP contribution in [0.15, 0.2) is 46.2 Å². The van der Waals surface area contributed by atoms with E-state index in [1.165, 1.54) is 19.4 Å². The van der Waals surface area contributed by atoms with Crippen molar-refractivity contribution in [2.45, 2.75) is 11.6 Å². The van der Waals surface area contributed by atoms with Crippen LogP contribution in [0.4, 0.5) is 0 Å². The van der Waals surface area contributed by atoms with Crippen molar-refractivity contribution in [1.29, 1.82) is 0 Å². The topological polar surface area (TPSA) is 101 Å². The van der Waals surface area contributed by atoms with E-state index in [2.05, 4.69) is 4.98 Å². The van der Waals surface area contributed by atoms with Gasteiger partial charge in [0.15, 0.2) is 5.03 Å². The number of hydrogen-bond donors (Lipinski definition) is 1. The average Bonchev–Trinajstić information content (AvgIpc) is 2.91. The summed E-state index contributed by atoms with van der Waals surface area (Å²) in [5.41, 5.74) is -0.0716. The molecule has 0 spiro atoms. The zero-order valence-corrected chi connectivity index (χ0v) is 11.4. The Morgan fingerprint density at radius 2 is 2.15 bits per heavy atom. The number of nitrogens with zero attached hydrogens (tertiary/aromatic N) is 2. The lowest BCUT2D eigenvalue weighted by atomic mass is 10.3. The lowest BCUT2D eigenvalue weighted by molar-refractivity contribution is 0.0696. The van der Waals surface area contributed by atoms with Crippen LogP contribution in [0.2, 0.25) is 0 Å². The van der Waals surface area contributed by atoms with Gasteiger partial charge in [-0.15, -0.1) is 0 Å². The highest BCUT2D eigenvalue weighted by atomic mass is 32.2. The molecule has 0 saturated heterocycles. The van der Waals surface area contributed by atoms with Gasteiger partial charge in [0.1, 0.15) is 5.76 Å². The van der Waals surface area contributed by atoms with Crippen LogP contribution >= 0.6 is 0 Å². The molecular formula is C12H12N2O5S. The molecule has 106 valence electrons. The number of carboxylic acids is 1. The van der Waals surface area contributed by atoms with Crippen LogP contribution < -0.4 is 0 Å². The summed E-state index contributed by atoms with van der Waals surface area (Å²) in [5, 5.41) is 8.54. The molecule has 0 unspecified atom stereocenters. The van der Waals surface area contributed by atoms with Crippen LogP contribution in [0.5, 0.6) is 0 Å². The standard InChI is InChI=1S/C12H12N2O5S/c1-14(8-10-3-2-6-19-10)20(17,18)11-5-4-9(7-13-11)12(15)16/h2-7H,8H2,1H3,(H,15,16). The number of sulfonamides is 1. The number of pyridine rings is 1. The molecule has 20 heavy (non-hydrogen) atoms. The molecule has 1 N–H and O–H groups in total. The SMILES string of the molecule is CN(Cc1ccco1)S(=O)(=O)c1ccc(C(=O)O)cn1. The van der Waals surface area contributed by atoms with Crippen molar-refractivity contribution >= 4 is 16.0 Å². The second kappa shape index (κ2) is 5.43. The van der Waals surface area contributed by atoms with Gasteiger partial charge in [-0.05, 0) is 24.3 Å². The molecule has 2 heterocycles. The maximum atomic E-state index is 12.2. The summed E-state index contributed by atoms with van der Waals surface area (Å²) in [5.74, 6) is -0.663. The van der Waals surface area contributed by atoms with E-state index < -0.39 is 16.0 Å². The first kappa shape index (κ1) is 14.2. The Balaban J connectivity index is 2.23.